The van der Waals surface area contributed by atoms with Crippen LogP contribution in [0.1, 0.15) is 22.9 Å². The third-order valence-electron chi connectivity index (χ3n) is 4.65. The van der Waals surface area contributed by atoms with Gasteiger partial charge in [0.2, 0.25) is 0 Å². The summed E-state index contributed by atoms with van der Waals surface area (Å²) in [5, 5.41) is 4.91. The molecule has 24 heavy (non-hydrogen) atoms. The van der Waals surface area contributed by atoms with Crippen molar-refractivity contribution in [3.63, 3.8) is 0 Å². The van der Waals surface area contributed by atoms with Crippen LogP contribution in [0.25, 0.3) is 10.9 Å². The topological polar surface area (TPSA) is 46.3 Å². The number of hydrogen-bond donors (Lipinski definition) is 2. The average molecular weight is 387 g/mol. The maximum Gasteiger partial charge on any atom is 0.161 e. The first-order chi connectivity index (χ1) is 11.7. The maximum atomic E-state index is 5.46. The zero-order valence-electron chi connectivity index (χ0n) is 13.7. The number of methoxy groups -OCH3 is 2. The fourth-order valence-corrected chi connectivity index (χ4v) is 3.88. The number of hydrogen-bond acceptors (Lipinski definition) is 3. The highest BCUT2D eigenvalue weighted by molar-refractivity contribution is 9.10. The molecular formula is C19H19BrN2O2. The van der Waals surface area contributed by atoms with Crippen LogP contribution in [0.2, 0.25) is 0 Å². The van der Waals surface area contributed by atoms with Crippen molar-refractivity contribution in [2.24, 2.45) is 0 Å². The first kappa shape index (κ1) is 15.5. The Morgan fingerprint density at radius 3 is 2.67 bits per heavy atom. The number of halogens is 1. The second-order valence-corrected chi connectivity index (χ2v) is 6.87. The third kappa shape index (κ3) is 2.48. The monoisotopic (exact) mass is 386 g/mol. The van der Waals surface area contributed by atoms with Crippen LogP contribution in [0.4, 0.5) is 0 Å². The van der Waals surface area contributed by atoms with Gasteiger partial charge in [0.05, 0.1) is 20.3 Å². The van der Waals surface area contributed by atoms with E-state index in [4.69, 9.17) is 9.47 Å². The quantitative estimate of drug-likeness (QED) is 0.709. The van der Waals surface area contributed by atoms with E-state index in [-0.39, 0.29) is 6.04 Å². The van der Waals surface area contributed by atoms with E-state index in [2.05, 4.69) is 50.5 Å². The molecule has 0 saturated carbocycles. The van der Waals surface area contributed by atoms with Gasteiger partial charge in [0.15, 0.2) is 11.5 Å². The Morgan fingerprint density at radius 2 is 1.88 bits per heavy atom. The minimum atomic E-state index is 0.125. The number of fused-ring (bicyclic) bond motifs is 3. The van der Waals surface area contributed by atoms with Crippen LogP contribution in [-0.2, 0) is 6.42 Å². The Hall–Kier alpha value is -1.98. The van der Waals surface area contributed by atoms with E-state index in [1.54, 1.807) is 14.2 Å². The van der Waals surface area contributed by atoms with Gasteiger partial charge in [0.1, 0.15) is 0 Å². The number of rotatable bonds is 3. The summed E-state index contributed by atoms with van der Waals surface area (Å²) in [5.41, 5.74) is 4.98. The van der Waals surface area contributed by atoms with E-state index in [1.165, 1.54) is 27.7 Å². The summed E-state index contributed by atoms with van der Waals surface area (Å²) in [6.45, 7) is 0.950. The Bertz CT molecular complexity index is 904. The molecule has 2 aromatic carbocycles. The molecular weight excluding hydrogens is 368 g/mol. The standard InChI is InChI=1S/C19H19BrN2O2/c1-23-16-6-3-11(9-17(16)24-2)18-19-13(7-8-21-18)14-10-12(20)4-5-15(14)22-19/h3-6,9-10,18,21-22H,7-8H2,1-2H3. The molecule has 0 saturated heterocycles. The van der Waals surface area contributed by atoms with Crippen LogP contribution in [0.3, 0.4) is 0 Å². The molecule has 3 aromatic rings. The molecule has 4 nitrogen and oxygen atoms in total. The van der Waals surface area contributed by atoms with Crippen molar-refractivity contribution in [1.29, 1.82) is 0 Å². The molecule has 1 aromatic heterocycles. The summed E-state index contributed by atoms with van der Waals surface area (Å²) in [6, 6.07) is 12.6. The van der Waals surface area contributed by atoms with E-state index in [9.17, 15) is 0 Å². The Morgan fingerprint density at radius 1 is 1.04 bits per heavy atom. The lowest BCUT2D eigenvalue weighted by Crippen LogP contribution is -2.30. The van der Waals surface area contributed by atoms with Crippen molar-refractivity contribution < 1.29 is 9.47 Å². The highest BCUT2D eigenvalue weighted by Crippen LogP contribution is 2.37. The number of H-pyrrole nitrogens is 1. The fraction of sp³-hybridized carbons (Fsp3) is 0.263. The maximum absolute atomic E-state index is 5.46. The van der Waals surface area contributed by atoms with Crippen LogP contribution in [0.5, 0.6) is 11.5 Å². The lowest BCUT2D eigenvalue weighted by molar-refractivity contribution is 0.354. The number of aromatic nitrogens is 1. The van der Waals surface area contributed by atoms with Gasteiger partial charge >= 0.3 is 0 Å². The highest BCUT2D eigenvalue weighted by Gasteiger charge is 2.26. The molecule has 0 aliphatic carbocycles. The molecule has 0 radical (unpaired) electrons. The van der Waals surface area contributed by atoms with E-state index in [1.807, 2.05) is 12.1 Å². The number of nitrogens with one attached hydrogen (secondary N) is 2. The van der Waals surface area contributed by atoms with Crippen LogP contribution in [-0.4, -0.2) is 25.7 Å². The van der Waals surface area contributed by atoms with Gasteiger partial charge in [0.25, 0.3) is 0 Å². The summed E-state index contributed by atoms with van der Waals surface area (Å²) >= 11 is 3.58. The van der Waals surface area contributed by atoms with Crippen LogP contribution >= 0.6 is 15.9 Å². The molecule has 0 amide bonds. The van der Waals surface area contributed by atoms with Crippen molar-refractivity contribution in [3.8, 4) is 11.5 Å². The van der Waals surface area contributed by atoms with E-state index >= 15 is 0 Å². The lowest BCUT2D eigenvalue weighted by atomic mass is 9.94. The smallest absolute Gasteiger partial charge is 0.161 e. The van der Waals surface area contributed by atoms with Gasteiger partial charge in [-0.1, -0.05) is 22.0 Å². The first-order valence-corrected chi connectivity index (χ1v) is 8.76. The number of ether oxygens (including phenoxy) is 2. The molecule has 2 N–H and O–H groups in total. The molecule has 124 valence electrons. The molecule has 1 unspecified atom stereocenters. The summed E-state index contributed by atoms with van der Waals surface area (Å²) in [4.78, 5) is 3.60. The normalized spacial score (nSPS) is 16.9. The lowest BCUT2D eigenvalue weighted by Gasteiger charge is -2.25. The van der Waals surface area contributed by atoms with Crippen LogP contribution < -0.4 is 14.8 Å². The molecule has 5 heteroatoms. The van der Waals surface area contributed by atoms with Crippen LogP contribution in [0.15, 0.2) is 40.9 Å². The summed E-state index contributed by atoms with van der Waals surface area (Å²) < 4.78 is 11.9. The Kier molecular flexibility index (Phi) is 3.98. The van der Waals surface area contributed by atoms with Gasteiger partial charge in [-0.15, -0.1) is 0 Å². The Labute approximate surface area is 149 Å². The minimum Gasteiger partial charge on any atom is -0.493 e. The predicted octanol–water partition coefficient (Wildman–Crippen LogP) is 4.18. The van der Waals surface area contributed by atoms with Crippen molar-refractivity contribution in [2.75, 3.05) is 20.8 Å². The van der Waals surface area contributed by atoms with Crippen molar-refractivity contribution in [2.45, 2.75) is 12.5 Å². The number of benzene rings is 2. The van der Waals surface area contributed by atoms with E-state index in [0.717, 1.165) is 28.9 Å². The largest absolute Gasteiger partial charge is 0.493 e. The summed E-state index contributed by atoms with van der Waals surface area (Å²) in [5.74, 6) is 1.50. The van der Waals surface area contributed by atoms with Gasteiger partial charge in [-0.3, -0.25) is 0 Å². The Balaban J connectivity index is 1.83. The molecule has 2 heterocycles. The molecule has 0 spiro atoms. The molecule has 1 aliphatic rings. The fourth-order valence-electron chi connectivity index (χ4n) is 3.52. The van der Waals surface area contributed by atoms with E-state index in [0.29, 0.717) is 0 Å². The minimum absolute atomic E-state index is 0.125. The van der Waals surface area contributed by atoms with Gasteiger partial charge in [-0.2, -0.15) is 0 Å². The second kappa shape index (κ2) is 6.15. The predicted molar refractivity (Wildman–Crippen MR) is 99.1 cm³/mol. The van der Waals surface area contributed by atoms with Gasteiger partial charge in [-0.25, -0.2) is 0 Å². The molecule has 0 bridgehead atoms. The zero-order valence-corrected chi connectivity index (χ0v) is 15.2. The molecule has 1 atom stereocenters. The first-order valence-electron chi connectivity index (χ1n) is 7.96. The van der Waals surface area contributed by atoms with Gasteiger partial charge in [0, 0.05) is 27.6 Å². The summed E-state index contributed by atoms with van der Waals surface area (Å²) in [6.07, 6.45) is 1.02. The average Bonchev–Trinajstić information content (AvgIpc) is 2.99. The van der Waals surface area contributed by atoms with E-state index < -0.39 is 0 Å². The second-order valence-electron chi connectivity index (χ2n) is 5.96. The molecule has 0 fully saturated rings. The van der Waals surface area contributed by atoms with Gasteiger partial charge in [-0.05, 0) is 47.9 Å². The molecule has 1 aliphatic heterocycles. The van der Waals surface area contributed by atoms with Crippen molar-refractivity contribution >= 4 is 26.8 Å². The van der Waals surface area contributed by atoms with Gasteiger partial charge < -0.3 is 19.8 Å². The summed E-state index contributed by atoms with van der Waals surface area (Å²) in [7, 11) is 3.33. The van der Waals surface area contributed by atoms with Crippen molar-refractivity contribution in [1.82, 2.24) is 10.3 Å². The number of aromatic amines is 1. The van der Waals surface area contributed by atoms with Crippen LogP contribution in [0, 0.1) is 0 Å². The highest BCUT2D eigenvalue weighted by atomic mass is 79.9. The van der Waals surface area contributed by atoms with Crippen molar-refractivity contribution in [3.05, 3.63) is 57.7 Å². The zero-order chi connectivity index (χ0) is 16.7. The third-order valence-corrected chi connectivity index (χ3v) is 5.15. The SMILES string of the molecule is COc1ccc(C2NCCc3c2[nH]c2ccc(Br)cc32)cc1OC. The molecule has 4 rings (SSSR count).